The molecule has 1 aromatic heterocycles. The number of hydrogen-bond donors (Lipinski definition) is 1. The molecule has 0 saturated carbocycles. The van der Waals surface area contributed by atoms with Crippen LogP contribution in [0.1, 0.15) is 24.1 Å². The molecule has 86 valence electrons. The van der Waals surface area contributed by atoms with Gasteiger partial charge in [-0.05, 0) is 24.5 Å². The molecule has 0 aliphatic carbocycles. The Hall–Kier alpha value is -1.29. The molecule has 3 rings (SSSR count). The monoisotopic (exact) mass is 220 g/mol. The summed E-state index contributed by atoms with van der Waals surface area (Å²) in [6, 6.07) is 2.06. The van der Waals surface area contributed by atoms with Crippen LogP contribution < -0.4 is 0 Å². The molecule has 1 atom stereocenters. The van der Waals surface area contributed by atoms with E-state index in [0.717, 1.165) is 39.0 Å². The summed E-state index contributed by atoms with van der Waals surface area (Å²) in [5.41, 5.74) is 2.52. The quantitative estimate of drug-likeness (QED) is 0.769. The first-order valence-electron chi connectivity index (χ1n) is 5.90. The summed E-state index contributed by atoms with van der Waals surface area (Å²) in [6.45, 7) is 2.28. The maximum Gasteiger partial charge on any atom is 0.252 e. The van der Waals surface area contributed by atoms with Crippen molar-refractivity contribution in [3.8, 4) is 0 Å². The number of ether oxygens (including phenoxy) is 1. The molecule has 0 spiro atoms. The minimum Gasteiger partial charge on any atom is -0.368 e. The zero-order chi connectivity index (χ0) is 11.0. The first kappa shape index (κ1) is 9.90. The molecule has 0 bridgehead atoms. The average molecular weight is 220 g/mol. The molecule has 4 nitrogen and oxygen atoms in total. The Bertz CT molecular complexity index is 393. The Morgan fingerprint density at radius 2 is 2.50 bits per heavy atom. The van der Waals surface area contributed by atoms with Crippen LogP contribution in [0.4, 0.5) is 0 Å². The van der Waals surface area contributed by atoms with Gasteiger partial charge in [0, 0.05) is 38.0 Å². The summed E-state index contributed by atoms with van der Waals surface area (Å²) < 4.78 is 5.44. The number of rotatable bonds is 1. The number of nitrogens with zero attached hydrogens (tertiary/aromatic N) is 1. The second-order valence-corrected chi connectivity index (χ2v) is 4.49. The van der Waals surface area contributed by atoms with E-state index < -0.39 is 0 Å². The summed E-state index contributed by atoms with van der Waals surface area (Å²) in [5, 5.41) is 0. The molecule has 1 unspecified atom stereocenters. The third kappa shape index (κ3) is 1.63. The number of fused-ring (bicyclic) bond motifs is 1. The van der Waals surface area contributed by atoms with E-state index in [1.807, 2.05) is 11.1 Å². The summed E-state index contributed by atoms with van der Waals surface area (Å²) in [5.74, 6) is 0.171. The van der Waals surface area contributed by atoms with Crippen LogP contribution in [0.3, 0.4) is 0 Å². The van der Waals surface area contributed by atoms with E-state index in [-0.39, 0.29) is 12.0 Å². The summed E-state index contributed by atoms with van der Waals surface area (Å²) in [4.78, 5) is 17.3. The lowest BCUT2D eigenvalue weighted by Crippen LogP contribution is -2.41. The predicted molar refractivity (Wildman–Crippen MR) is 58.9 cm³/mol. The molecule has 1 amide bonds. The van der Waals surface area contributed by atoms with Crippen molar-refractivity contribution >= 4 is 5.91 Å². The van der Waals surface area contributed by atoms with E-state index in [4.69, 9.17) is 4.74 Å². The Balaban J connectivity index is 1.71. The van der Waals surface area contributed by atoms with Crippen molar-refractivity contribution in [2.75, 3.05) is 13.2 Å². The molecule has 2 aliphatic rings. The lowest BCUT2D eigenvalue weighted by Gasteiger charge is -2.28. The highest BCUT2D eigenvalue weighted by molar-refractivity contribution is 5.81. The highest BCUT2D eigenvalue weighted by atomic mass is 16.5. The third-order valence-electron chi connectivity index (χ3n) is 3.44. The molecule has 2 aliphatic heterocycles. The second kappa shape index (κ2) is 3.94. The molecule has 1 aromatic rings. The minimum absolute atomic E-state index is 0.171. The van der Waals surface area contributed by atoms with Crippen molar-refractivity contribution in [1.29, 1.82) is 0 Å². The van der Waals surface area contributed by atoms with Crippen LogP contribution in [0.2, 0.25) is 0 Å². The van der Waals surface area contributed by atoms with Gasteiger partial charge in [-0.1, -0.05) is 0 Å². The average Bonchev–Trinajstić information content (AvgIpc) is 2.98. The molecule has 1 N–H and O–H groups in total. The van der Waals surface area contributed by atoms with Crippen LogP contribution in [0.15, 0.2) is 12.3 Å². The minimum atomic E-state index is -0.180. The SMILES string of the molecule is O=C(C1CCCO1)N1CCc2[nH]ccc2C1. The van der Waals surface area contributed by atoms with Gasteiger partial charge in [0.15, 0.2) is 0 Å². The fourth-order valence-electron chi connectivity index (χ4n) is 2.51. The van der Waals surface area contributed by atoms with Gasteiger partial charge in [-0.2, -0.15) is 0 Å². The van der Waals surface area contributed by atoms with Crippen LogP contribution >= 0.6 is 0 Å². The third-order valence-corrected chi connectivity index (χ3v) is 3.44. The molecule has 1 saturated heterocycles. The van der Waals surface area contributed by atoms with Gasteiger partial charge in [0.1, 0.15) is 6.10 Å². The molecule has 0 aromatic carbocycles. The predicted octanol–water partition coefficient (Wildman–Crippen LogP) is 1.08. The van der Waals surface area contributed by atoms with Gasteiger partial charge in [0.05, 0.1) is 0 Å². The molecule has 16 heavy (non-hydrogen) atoms. The zero-order valence-electron chi connectivity index (χ0n) is 9.24. The maximum atomic E-state index is 12.1. The fourth-order valence-corrected chi connectivity index (χ4v) is 2.51. The van der Waals surface area contributed by atoms with Crippen LogP contribution in [0, 0.1) is 0 Å². The maximum absolute atomic E-state index is 12.1. The lowest BCUT2D eigenvalue weighted by atomic mass is 10.1. The van der Waals surface area contributed by atoms with Gasteiger partial charge in [-0.3, -0.25) is 4.79 Å². The molecule has 4 heteroatoms. The standard InChI is InChI=1S/C12H16N2O2/c15-12(11-2-1-7-16-11)14-6-4-10-9(8-14)3-5-13-10/h3,5,11,13H,1-2,4,6-8H2. The Morgan fingerprint density at radius 3 is 3.31 bits per heavy atom. The Labute approximate surface area is 94.6 Å². The normalized spacial score (nSPS) is 24.5. The summed E-state index contributed by atoms with van der Waals surface area (Å²) in [7, 11) is 0. The van der Waals surface area contributed by atoms with Crippen molar-refractivity contribution in [2.45, 2.75) is 31.9 Å². The van der Waals surface area contributed by atoms with Crippen molar-refractivity contribution < 1.29 is 9.53 Å². The number of carbonyl (C=O) groups is 1. The van der Waals surface area contributed by atoms with Gasteiger partial charge in [0.25, 0.3) is 5.91 Å². The van der Waals surface area contributed by atoms with Crippen LogP contribution in [0.5, 0.6) is 0 Å². The zero-order valence-corrected chi connectivity index (χ0v) is 9.24. The van der Waals surface area contributed by atoms with Crippen molar-refractivity contribution in [3.63, 3.8) is 0 Å². The molecule has 3 heterocycles. The lowest BCUT2D eigenvalue weighted by molar-refractivity contribution is -0.141. The summed E-state index contributed by atoms with van der Waals surface area (Å²) >= 11 is 0. The molecule has 1 fully saturated rings. The van der Waals surface area contributed by atoms with Crippen LogP contribution in [0.25, 0.3) is 0 Å². The first-order chi connectivity index (χ1) is 7.84. The number of carbonyl (C=O) groups excluding carboxylic acids is 1. The number of aromatic amines is 1. The number of amides is 1. The summed E-state index contributed by atoms with van der Waals surface area (Å²) in [6.07, 6.45) is 4.60. The highest BCUT2D eigenvalue weighted by Crippen LogP contribution is 2.21. The molecular weight excluding hydrogens is 204 g/mol. The van der Waals surface area contributed by atoms with Gasteiger partial charge in [-0.15, -0.1) is 0 Å². The van der Waals surface area contributed by atoms with Crippen LogP contribution in [-0.4, -0.2) is 35.0 Å². The first-order valence-corrected chi connectivity index (χ1v) is 5.90. The number of nitrogens with one attached hydrogen (secondary N) is 1. The molecule has 0 radical (unpaired) electrons. The van der Waals surface area contributed by atoms with E-state index in [2.05, 4.69) is 11.1 Å². The number of hydrogen-bond acceptors (Lipinski definition) is 2. The van der Waals surface area contributed by atoms with E-state index in [0.29, 0.717) is 0 Å². The largest absolute Gasteiger partial charge is 0.368 e. The molecular formula is C12H16N2O2. The second-order valence-electron chi connectivity index (χ2n) is 4.49. The van der Waals surface area contributed by atoms with Crippen molar-refractivity contribution in [3.05, 3.63) is 23.5 Å². The topological polar surface area (TPSA) is 45.3 Å². The Morgan fingerprint density at radius 1 is 1.56 bits per heavy atom. The van der Waals surface area contributed by atoms with Gasteiger partial charge >= 0.3 is 0 Å². The smallest absolute Gasteiger partial charge is 0.252 e. The Kier molecular flexibility index (Phi) is 2.44. The number of H-pyrrole nitrogens is 1. The van der Waals surface area contributed by atoms with Crippen molar-refractivity contribution in [2.24, 2.45) is 0 Å². The van der Waals surface area contributed by atoms with Gasteiger partial charge in [0.2, 0.25) is 0 Å². The van der Waals surface area contributed by atoms with Crippen molar-refractivity contribution in [1.82, 2.24) is 9.88 Å². The van der Waals surface area contributed by atoms with Crippen LogP contribution in [-0.2, 0) is 22.5 Å². The number of aromatic nitrogens is 1. The fraction of sp³-hybridized carbons (Fsp3) is 0.583. The van der Waals surface area contributed by atoms with Gasteiger partial charge in [-0.25, -0.2) is 0 Å². The highest BCUT2D eigenvalue weighted by Gasteiger charge is 2.30. The van der Waals surface area contributed by atoms with Gasteiger partial charge < -0.3 is 14.6 Å². The van der Waals surface area contributed by atoms with E-state index >= 15 is 0 Å². The van der Waals surface area contributed by atoms with E-state index in [1.54, 1.807) is 0 Å². The van der Waals surface area contributed by atoms with E-state index in [9.17, 15) is 4.79 Å². The van der Waals surface area contributed by atoms with E-state index in [1.165, 1.54) is 11.3 Å².